The molecule has 0 saturated carbocycles. The molecule has 0 aliphatic rings. The van der Waals surface area contributed by atoms with Crippen LogP contribution in [0, 0.1) is 13.8 Å². The van der Waals surface area contributed by atoms with Gasteiger partial charge in [-0.15, -0.1) is 0 Å². The van der Waals surface area contributed by atoms with E-state index in [0.717, 1.165) is 16.7 Å². The van der Waals surface area contributed by atoms with E-state index in [1.807, 2.05) is 13.8 Å². The number of phenolic OH excluding ortho intramolecular Hbond substituents is 1. The Balaban J connectivity index is 2.05. The first-order chi connectivity index (χ1) is 11.1. The van der Waals surface area contributed by atoms with Crippen LogP contribution in [-0.2, 0) is 0 Å². The van der Waals surface area contributed by atoms with E-state index < -0.39 is 0 Å². The second-order valence-corrected chi connectivity index (χ2v) is 6.18. The summed E-state index contributed by atoms with van der Waals surface area (Å²) in [5.74, 6) is 0.388. The smallest absolute Gasteiger partial charge is 0.121 e. The number of benzene rings is 4. The maximum Gasteiger partial charge on any atom is 0.121 e. The molecule has 0 aromatic heterocycles. The van der Waals surface area contributed by atoms with Crippen molar-refractivity contribution in [2.24, 2.45) is 0 Å². The molecule has 112 valence electrons. The molecule has 1 N–H and O–H groups in total. The second-order valence-electron chi connectivity index (χ2n) is 6.18. The highest BCUT2D eigenvalue weighted by Gasteiger charge is 2.09. The molecule has 0 saturated heterocycles. The van der Waals surface area contributed by atoms with Crippen LogP contribution in [0.3, 0.4) is 0 Å². The normalized spacial score (nSPS) is 11.2. The number of aromatic hydroxyl groups is 1. The number of hydrogen-bond acceptors (Lipinski definition) is 1. The minimum atomic E-state index is 0.388. The summed E-state index contributed by atoms with van der Waals surface area (Å²) in [4.78, 5) is 0. The second kappa shape index (κ2) is 5.13. The summed E-state index contributed by atoms with van der Waals surface area (Å²) >= 11 is 0. The van der Waals surface area contributed by atoms with Gasteiger partial charge in [-0.1, -0.05) is 42.5 Å². The molecule has 0 aliphatic heterocycles. The Hall–Kier alpha value is -2.80. The van der Waals surface area contributed by atoms with Gasteiger partial charge in [-0.25, -0.2) is 0 Å². The van der Waals surface area contributed by atoms with Gasteiger partial charge in [0, 0.05) is 0 Å². The van der Waals surface area contributed by atoms with Crippen molar-refractivity contribution in [3.8, 4) is 16.9 Å². The van der Waals surface area contributed by atoms with Gasteiger partial charge in [0.25, 0.3) is 0 Å². The fraction of sp³-hybridized carbons (Fsp3) is 0.0909. The van der Waals surface area contributed by atoms with Crippen LogP contribution >= 0.6 is 0 Å². The average molecular weight is 298 g/mol. The molecule has 4 aromatic rings. The highest BCUT2D eigenvalue weighted by molar-refractivity contribution is 6.05. The van der Waals surface area contributed by atoms with Gasteiger partial charge >= 0.3 is 0 Å². The first-order valence-corrected chi connectivity index (χ1v) is 7.85. The van der Waals surface area contributed by atoms with Crippen molar-refractivity contribution in [3.63, 3.8) is 0 Å². The minimum Gasteiger partial charge on any atom is -0.507 e. The SMILES string of the molecule is Cc1cc(-c2cccc3cc4ccccc4cc23)cc(C)c1O. The molecule has 1 nitrogen and oxygen atoms in total. The van der Waals surface area contributed by atoms with Gasteiger partial charge in [-0.05, 0) is 81.9 Å². The highest BCUT2D eigenvalue weighted by Crippen LogP contribution is 2.35. The Morgan fingerprint density at radius 2 is 1.26 bits per heavy atom. The molecule has 0 spiro atoms. The third-order valence-electron chi connectivity index (χ3n) is 4.55. The summed E-state index contributed by atoms with van der Waals surface area (Å²) in [6.45, 7) is 3.90. The van der Waals surface area contributed by atoms with Gasteiger partial charge in [-0.2, -0.15) is 0 Å². The Bertz CT molecular complexity index is 1020. The number of rotatable bonds is 1. The first kappa shape index (κ1) is 13.8. The van der Waals surface area contributed by atoms with Crippen LogP contribution in [0.25, 0.3) is 32.7 Å². The Morgan fingerprint density at radius 3 is 1.96 bits per heavy atom. The summed E-state index contributed by atoms with van der Waals surface area (Å²) < 4.78 is 0. The number of hydrogen-bond donors (Lipinski definition) is 1. The molecule has 0 aliphatic carbocycles. The molecule has 0 fully saturated rings. The zero-order valence-electron chi connectivity index (χ0n) is 13.3. The molecular formula is C22H18O. The van der Waals surface area contributed by atoms with E-state index in [0.29, 0.717) is 5.75 Å². The van der Waals surface area contributed by atoms with E-state index in [1.165, 1.54) is 27.1 Å². The Morgan fingerprint density at radius 1 is 0.652 bits per heavy atom. The number of phenols is 1. The molecule has 0 heterocycles. The molecule has 0 bridgehead atoms. The van der Waals surface area contributed by atoms with Crippen molar-refractivity contribution in [1.29, 1.82) is 0 Å². The van der Waals surface area contributed by atoms with E-state index in [2.05, 4.69) is 66.7 Å². The molecule has 0 amide bonds. The van der Waals surface area contributed by atoms with E-state index in [1.54, 1.807) is 0 Å². The summed E-state index contributed by atoms with van der Waals surface area (Å²) in [6.07, 6.45) is 0. The molecule has 0 unspecified atom stereocenters. The van der Waals surface area contributed by atoms with E-state index in [9.17, 15) is 5.11 Å². The molecular weight excluding hydrogens is 280 g/mol. The zero-order chi connectivity index (χ0) is 16.0. The molecule has 1 heteroatoms. The van der Waals surface area contributed by atoms with Crippen molar-refractivity contribution in [2.75, 3.05) is 0 Å². The van der Waals surface area contributed by atoms with E-state index in [-0.39, 0.29) is 0 Å². The van der Waals surface area contributed by atoms with Gasteiger partial charge in [-0.3, -0.25) is 0 Å². The Labute approximate surface area is 135 Å². The van der Waals surface area contributed by atoms with Crippen molar-refractivity contribution in [2.45, 2.75) is 13.8 Å². The van der Waals surface area contributed by atoms with E-state index >= 15 is 0 Å². The van der Waals surface area contributed by atoms with Crippen molar-refractivity contribution >= 4 is 21.5 Å². The molecule has 0 atom stereocenters. The standard InChI is InChI=1S/C22H18O/c1-14-10-19(11-15(2)22(14)23)20-9-5-8-18-12-16-6-3-4-7-17(16)13-21(18)20/h3-13,23H,1-2H3. The van der Waals surface area contributed by atoms with Crippen LogP contribution in [0.4, 0.5) is 0 Å². The fourth-order valence-corrected chi connectivity index (χ4v) is 3.33. The van der Waals surface area contributed by atoms with Crippen LogP contribution in [0.15, 0.2) is 66.7 Å². The van der Waals surface area contributed by atoms with E-state index in [4.69, 9.17) is 0 Å². The van der Waals surface area contributed by atoms with Gasteiger partial charge in [0.05, 0.1) is 0 Å². The van der Waals surface area contributed by atoms with Gasteiger partial charge < -0.3 is 5.11 Å². The fourth-order valence-electron chi connectivity index (χ4n) is 3.33. The maximum atomic E-state index is 10.0. The monoisotopic (exact) mass is 298 g/mol. The summed E-state index contributed by atoms with van der Waals surface area (Å²) in [5, 5.41) is 15.0. The van der Waals surface area contributed by atoms with Gasteiger partial charge in [0.2, 0.25) is 0 Å². The topological polar surface area (TPSA) is 20.2 Å². The van der Waals surface area contributed by atoms with Crippen molar-refractivity contribution in [3.05, 3.63) is 77.9 Å². The van der Waals surface area contributed by atoms with Gasteiger partial charge in [0.15, 0.2) is 0 Å². The summed E-state index contributed by atoms with van der Waals surface area (Å²) in [5.41, 5.74) is 4.19. The third kappa shape index (κ3) is 2.25. The van der Waals surface area contributed by atoms with Crippen LogP contribution in [0.1, 0.15) is 11.1 Å². The number of aryl methyl sites for hydroxylation is 2. The molecule has 4 rings (SSSR count). The van der Waals surface area contributed by atoms with Crippen LogP contribution < -0.4 is 0 Å². The lowest BCUT2D eigenvalue weighted by Crippen LogP contribution is -1.87. The lowest BCUT2D eigenvalue weighted by molar-refractivity contribution is 0.467. The predicted molar refractivity (Wildman–Crippen MR) is 98.0 cm³/mol. The quantitative estimate of drug-likeness (QED) is 0.428. The minimum absolute atomic E-state index is 0.388. The lowest BCUT2D eigenvalue weighted by Gasteiger charge is -2.12. The van der Waals surface area contributed by atoms with Crippen LogP contribution in [-0.4, -0.2) is 5.11 Å². The first-order valence-electron chi connectivity index (χ1n) is 7.85. The van der Waals surface area contributed by atoms with Crippen molar-refractivity contribution < 1.29 is 5.11 Å². The van der Waals surface area contributed by atoms with Crippen LogP contribution in [0.5, 0.6) is 5.75 Å². The Kier molecular flexibility index (Phi) is 3.09. The number of fused-ring (bicyclic) bond motifs is 2. The molecule has 0 radical (unpaired) electrons. The predicted octanol–water partition coefficient (Wildman–Crippen LogP) is 5.98. The lowest BCUT2D eigenvalue weighted by atomic mass is 9.93. The highest BCUT2D eigenvalue weighted by atomic mass is 16.3. The van der Waals surface area contributed by atoms with Gasteiger partial charge in [0.1, 0.15) is 5.75 Å². The summed E-state index contributed by atoms with van der Waals surface area (Å²) in [7, 11) is 0. The zero-order valence-corrected chi connectivity index (χ0v) is 13.3. The van der Waals surface area contributed by atoms with Crippen molar-refractivity contribution in [1.82, 2.24) is 0 Å². The molecule has 23 heavy (non-hydrogen) atoms. The summed E-state index contributed by atoms with van der Waals surface area (Å²) in [6, 6.07) is 23.5. The third-order valence-corrected chi connectivity index (χ3v) is 4.55. The largest absolute Gasteiger partial charge is 0.507 e. The maximum absolute atomic E-state index is 10.0. The molecule has 4 aromatic carbocycles. The van der Waals surface area contributed by atoms with Crippen LogP contribution in [0.2, 0.25) is 0 Å². The average Bonchev–Trinajstić information content (AvgIpc) is 2.57.